The van der Waals surface area contributed by atoms with Crippen LogP contribution in [0.2, 0.25) is 0 Å². The molecule has 1 aliphatic carbocycles. The molecule has 1 aromatic carbocycles. The van der Waals surface area contributed by atoms with Crippen LogP contribution in [0.1, 0.15) is 23.2 Å². The highest BCUT2D eigenvalue weighted by Crippen LogP contribution is 2.39. The van der Waals surface area contributed by atoms with E-state index in [0.29, 0.717) is 10.1 Å². The van der Waals surface area contributed by atoms with Gasteiger partial charge in [-0.25, -0.2) is 9.18 Å². The van der Waals surface area contributed by atoms with Gasteiger partial charge in [0.25, 0.3) is 0 Å². The van der Waals surface area contributed by atoms with Gasteiger partial charge in [0.2, 0.25) is 0 Å². The molecule has 74 valence electrons. The van der Waals surface area contributed by atoms with Crippen LogP contribution < -0.4 is 0 Å². The fourth-order valence-corrected chi connectivity index (χ4v) is 2.26. The molecule has 1 N–H and O–H groups in total. The van der Waals surface area contributed by atoms with Gasteiger partial charge in [-0.3, -0.25) is 0 Å². The topological polar surface area (TPSA) is 37.3 Å². The highest BCUT2D eigenvalue weighted by molar-refractivity contribution is 8.00. The summed E-state index contributed by atoms with van der Waals surface area (Å²) in [4.78, 5) is 11.3. The van der Waals surface area contributed by atoms with E-state index in [-0.39, 0.29) is 5.56 Å². The molecule has 0 spiro atoms. The van der Waals surface area contributed by atoms with E-state index in [4.69, 9.17) is 5.11 Å². The lowest BCUT2D eigenvalue weighted by Crippen LogP contribution is -1.97. The first-order valence-electron chi connectivity index (χ1n) is 4.36. The fourth-order valence-electron chi connectivity index (χ4n) is 1.13. The Morgan fingerprint density at radius 3 is 2.71 bits per heavy atom. The Morgan fingerprint density at radius 2 is 2.14 bits per heavy atom. The number of aromatic carboxylic acids is 1. The average molecular weight is 212 g/mol. The normalized spacial score (nSPS) is 15.5. The molecule has 0 aromatic heterocycles. The first-order chi connectivity index (χ1) is 6.65. The van der Waals surface area contributed by atoms with Crippen LogP contribution in [0.5, 0.6) is 0 Å². The molecular weight excluding hydrogens is 203 g/mol. The minimum Gasteiger partial charge on any atom is -0.478 e. The number of carboxylic acids is 1. The van der Waals surface area contributed by atoms with Crippen LogP contribution in [0, 0.1) is 5.82 Å². The van der Waals surface area contributed by atoms with Crippen molar-refractivity contribution in [1.82, 2.24) is 0 Å². The second kappa shape index (κ2) is 3.61. The van der Waals surface area contributed by atoms with E-state index >= 15 is 0 Å². The lowest BCUT2D eigenvalue weighted by molar-refractivity contribution is 0.0696. The minimum atomic E-state index is -1.08. The van der Waals surface area contributed by atoms with Gasteiger partial charge in [0.05, 0.1) is 5.56 Å². The van der Waals surface area contributed by atoms with Crippen molar-refractivity contribution < 1.29 is 14.3 Å². The molecule has 14 heavy (non-hydrogen) atoms. The Hall–Kier alpha value is -1.03. The monoisotopic (exact) mass is 212 g/mol. The first-order valence-corrected chi connectivity index (χ1v) is 5.23. The molecular formula is C10H9FO2S. The zero-order chi connectivity index (χ0) is 10.1. The Labute approximate surface area is 85.1 Å². The Bertz CT molecular complexity index is 374. The third kappa shape index (κ3) is 2.26. The number of hydrogen-bond donors (Lipinski definition) is 1. The van der Waals surface area contributed by atoms with Gasteiger partial charge in [-0.1, -0.05) is 0 Å². The quantitative estimate of drug-likeness (QED) is 0.837. The Morgan fingerprint density at radius 1 is 1.43 bits per heavy atom. The molecule has 0 heterocycles. The number of thioether (sulfide) groups is 1. The highest BCUT2D eigenvalue weighted by Gasteiger charge is 2.23. The maximum absolute atomic E-state index is 13.0. The number of carboxylic acid groups (broad SMARTS) is 1. The second-order valence-electron chi connectivity index (χ2n) is 3.30. The van der Waals surface area contributed by atoms with Crippen LogP contribution >= 0.6 is 11.8 Å². The van der Waals surface area contributed by atoms with E-state index in [0.717, 1.165) is 18.9 Å². The molecule has 1 fully saturated rings. The van der Waals surface area contributed by atoms with E-state index in [9.17, 15) is 9.18 Å². The van der Waals surface area contributed by atoms with E-state index in [1.165, 1.54) is 12.1 Å². The summed E-state index contributed by atoms with van der Waals surface area (Å²) in [6.07, 6.45) is 2.28. The van der Waals surface area contributed by atoms with Crippen molar-refractivity contribution in [2.75, 3.05) is 0 Å². The predicted molar refractivity (Wildman–Crippen MR) is 52.2 cm³/mol. The minimum absolute atomic E-state index is 0.0214. The summed E-state index contributed by atoms with van der Waals surface area (Å²) in [5, 5.41) is 9.26. The number of rotatable bonds is 3. The van der Waals surface area contributed by atoms with Crippen molar-refractivity contribution in [3.05, 3.63) is 29.6 Å². The second-order valence-corrected chi connectivity index (χ2v) is 4.67. The van der Waals surface area contributed by atoms with Crippen molar-refractivity contribution >= 4 is 17.7 Å². The number of halogens is 1. The van der Waals surface area contributed by atoms with Gasteiger partial charge in [-0.15, -0.1) is 11.8 Å². The summed E-state index contributed by atoms with van der Waals surface area (Å²) in [6.45, 7) is 0. The van der Waals surface area contributed by atoms with Gasteiger partial charge in [-0.05, 0) is 31.0 Å². The van der Waals surface area contributed by atoms with Crippen LogP contribution in [0.3, 0.4) is 0 Å². The van der Waals surface area contributed by atoms with Gasteiger partial charge in [-0.2, -0.15) is 0 Å². The summed E-state index contributed by atoms with van der Waals surface area (Å²) in [6, 6.07) is 3.95. The molecule has 0 saturated heterocycles. The van der Waals surface area contributed by atoms with Gasteiger partial charge in [0.1, 0.15) is 5.82 Å². The van der Waals surface area contributed by atoms with Crippen molar-refractivity contribution in [1.29, 1.82) is 0 Å². The molecule has 1 saturated carbocycles. The molecule has 2 nitrogen and oxygen atoms in total. The van der Waals surface area contributed by atoms with E-state index in [1.54, 1.807) is 11.8 Å². The summed E-state index contributed by atoms with van der Waals surface area (Å²) in [5.74, 6) is -1.56. The van der Waals surface area contributed by atoms with Crippen molar-refractivity contribution in [3.63, 3.8) is 0 Å². The van der Waals surface area contributed by atoms with E-state index in [1.807, 2.05) is 0 Å². The zero-order valence-corrected chi connectivity index (χ0v) is 8.18. The maximum atomic E-state index is 13.0. The summed E-state index contributed by atoms with van der Waals surface area (Å²) in [7, 11) is 0. The van der Waals surface area contributed by atoms with Gasteiger partial charge in [0.15, 0.2) is 0 Å². The third-order valence-corrected chi connectivity index (χ3v) is 3.26. The molecule has 0 atom stereocenters. The smallest absolute Gasteiger partial charge is 0.335 e. The largest absolute Gasteiger partial charge is 0.478 e. The maximum Gasteiger partial charge on any atom is 0.335 e. The van der Waals surface area contributed by atoms with Crippen molar-refractivity contribution in [2.24, 2.45) is 0 Å². The predicted octanol–water partition coefficient (Wildman–Crippen LogP) is 2.78. The SMILES string of the molecule is O=C(O)c1cc(F)cc(SC2CC2)c1. The molecule has 0 radical (unpaired) electrons. The third-order valence-electron chi connectivity index (χ3n) is 1.95. The highest BCUT2D eigenvalue weighted by atomic mass is 32.2. The zero-order valence-electron chi connectivity index (χ0n) is 7.37. The number of hydrogen-bond acceptors (Lipinski definition) is 2. The number of benzene rings is 1. The molecule has 0 unspecified atom stereocenters. The summed E-state index contributed by atoms with van der Waals surface area (Å²) < 4.78 is 13.0. The Balaban J connectivity index is 2.25. The molecule has 1 aromatic rings. The molecule has 4 heteroatoms. The van der Waals surface area contributed by atoms with Gasteiger partial charge >= 0.3 is 5.97 Å². The van der Waals surface area contributed by atoms with Crippen LogP contribution in [-0.2, 0) is 0 Å². The first kappa shape index (κ1) is 9.52. The molecule has 0 aliphatic heterocycles. The van der Waals surface area contributed by atoms with Crippen LogP contribution in [-0.4, -0.2) is 16.3 Å². The van der Waals surface area contributed by atoms with Crippen molar-refractivity contribution in [3.8, 4) is 0 Å². The average Bonchev–Trinajstić information content (AvgIpc) is 2.87. The van der Waals surface area contributed by atoms with E-state index < -0.39 is 11.8 Å². The van der Waals surface area contributed by atoms with Crippen LogP contribution in [0.25, 0.3) is 0 Å². The summed E-state index contributed by atoms with van der Waals surface area (Å²) in [5.41, 5.74) is 0.0214. The summed E-state index contributed by atoms with van der Waals surface area (Å²) >= 11 is 1.55. The van der Waals surface area contributed by atoms with Gasteiger partial charge in [0, 0.05) is 10.1 Å². The van der Waals surface area contributed by atoms with Crippen molar-refractivity contribution in [2.45, 2.75) is 23.0 Å². The lowest BCUT2D eigenvalue weighted by atomic mass is 10.2. The molecule has 0 amide bonds. The van der Waals surface area contributed by atoms with Crippen LogP contribution in [0.4, 0.5) is 4.39 Å². The van der Waals surface area contributed by atoms with Gasteiger partial charge < -0.3 is 5.11 Å². The van der Waals surface area contributed by atoms with E-state index in [2.05, 4.69) is 0 Å². The molecule has 0 bridgehead atoms. The number of carbonyl (C=O) groups is 1. The fraction of sp³-hybridized carbons (Fsp3) is 0.300. The lowest BCUT2D eigenvalue weighted by Gasteiger charge is -2.01. The molecule has 1 aliphatic rings. The molecule has 2 rings (SSSR count). The Kier molecular flexibility index (Phi) is 2.46. The van der Waals surface area contributed by atoms with Crippen LogP contribution in [0.15, 0.2) is 23.1 Å². The standard InChI is InChI=1S/C10H9FO2S/c11-7-3-6(10(12)13)4-9(5-7)14-8-1-2-8/h3-5,8H,1-2H2,(H,12,13).